The van der Waals surface area contributed by atoms with E-state index < -0.39 is 0 Å². The molecule has 0 spiro atoms. The summed E-state index contributed by atoms with van der Waals surface area (Å²) < 4.78 is 1.82. The normalized spacial score (nSPS) is 17.2. The minimum atomic E-state index is -0.154. The van der Waals surface area contributed by atoms with Crippen LogP contribution in [-0.4, -0.2) is 50.4 Å². The predicted molar refractivity (Wildman–Crippen MR) is 60.1 cm³/mol. The van der Waals surface area contributed by atoms with Crippen molar-refractivity contribution < 1.29 is 4.79 Å². The van der Waals surface area contributed by atoms with Gasteiger partial charge >= 0.3 is 0 Å². The second-order valence-electron chi connectivity index (χ2n) is 4.13. The lowest BCUT2D eigenvalue weighted by molar-refractivity contribution is -0.127. The number of hydrogen-bond acceptors (Lipinski definition) is 5. The summed E-state index contributed by atoms with van der Waals surface area (Å²) in [5, 5.41) is 12.1. The highest BCUT2D eigenvalue weighted by atomic mass is 32.2. The third-order valence-electron chi connectivity index (χ3n) is 2.43. The van der Waals surface area contributed by atoms with Gasteiger partial charge < -0.3 is 4.90 Å². The van der Waals surface area contributed by atoms with Crippen molar-refractivity contribution in [3.05, 3.63) is 0 Å². The minimum absolute atomic E-state index is 0.0790. The summed E-state index contributed by atoms with van der Waals surface area (Å²) in [6.07, 6.45) is 2.27. The molecule has 16 heavy (non-hydrogen) atoms. The van der Waals surface area contributed by atoms with Gasteiger partial charge in [0.15, 0.2) is 0 Å². The van der Waals surface area contributed by atoms with Crippen LogP contribution in [-0.2, 0) is 4.79 Å². The number of aromatic nitrogens is 4. The van der Waals surface area contributed by atoms with Crippen molar-refractivity contribution in [3.8, 4) is 0 Å². The van der Waals surface area contributed by atoms with Gasteiger partial charge in [-0.2, -0.15) is 0 Å². The number of thioether (sulfide) groups is 1. The number of hydrogen-bond donors (Lipinski definition) is 0. The molecular formula is C9H15N5OS. The van der Waals surface area contributed by atoms with E-state index in [1.807, 2.05) is 11.6 Å². The summed E-state index contributed by atoms with van der Waals surface area (Å²) in [5.41, 5.74) is 0. The zero-order chi connectivity index (χ0) is 11.7. The lowest BCUT2D eigenvalue weighted by atomic mass is 10.4. The molecule has 1 heterocycles. The Labute approximate surface area is 98.4 Å². The molecule has 1 saturated carbocycles. The highest BCUT2D eigenvalue weighted by Crippen LogP contribution is 2.37. The maximum Gasteiger partial charge on any atom is 0.235 e. The number of nitrogens with zero attached hydrogens (tertiary/aromatic N) is 5. The van der Waals surface area contributed by atoms with E-state index >= 15 is 0 Å². The van der Waals surface area contributed by atoms with Crippen LogP contribution in [0.25, 0.3) is 0 Å². The van der Waals surface area contributed by atoms with Gasteiger partial charge in [-0.25, -0.2) is 4.68 Å². The number of tetrazole rings is 1. The third kappa shape index (κ3) is 2.34. The summed E-state index contributed by atoms with van der Waals surface area (Å²) in [6.45, 7) is 1.87. The predicted octanol–water partition coefficient (Wildman–Crippen LogP) is 0.577. The fourth-order valence-corrected chi connectivity index (χ4v) is 2.39. The Kier molecular flexibility index (Phi) is 3.13. The lowest BCUT2D eigenvalue weighted by Crippen LogP contribution is -2.29. The van der Waals surface area contributed by atoms with E-state index in [2.05, 4.69) is 15.5 Å². The first-order chi connectivity index (χ1) is 7.59. The van der Waals surface area contributed by atoms with Gasteiger partial charge in [0.2, 0.25) is 11.1 Å². The van der Waals surface area contributed by atoms with Gasteiger partial charge in [-0.05, 0) is 30.2 Å². The van der Waals surface area contributed by atoms with E-state index in [-0.39, 0.29) is 11.2 Å². The molecule has 1 atom stereocenters. The van der Waals surface area contributed by atoms with E-state index in [0.29, 0.717) is 6.04 Å². The Bertz CT molecular complexity index is 387. The first-order valence-corrected chi connectivity index (χ1v) is 6.13. The average Bonchev–Trinajstić information content (AvgIpc) is 2.99. The Hall–Kier alpha value is -1.11. The molecule has 1 unspecified atom stereocenters. The molecule has 1 fully saturated rings. The molecule has 0 radical (unpaired) electrons. The van der Waals surface area contributed by atoms with E-state index in [1.54, 1.807) is 19.0 Å². The van der Waals surface area contributed by atoms with Gasteiger partial charge in [-0.15, -0.1) is 5.10 Å². The minimum Gasteiger partial charge on any atom is -0.348 e. The van der Waals surface area contributed by atoms with Crippen molar-refractivity contribution >= 4 is 17.7 Å². The molecule has 1 amide bonds. The van der Waals surface area contributed by atoms with Crippen molar-refractivity contribution in [1.29, 1.82) is 0 Å². The molecule has 6 nitrogen and oxygen atoms in total. The van der Waals surface area contributed by atoms with Crippen molar-refractivity contribution in [1.82, 2.24) is 25.1 Å². The van der Waals surface area contributed by atoms with Crippen LogP contribution in [0, 0.1) is 0 Å². The Morgan fingerprint density at radius 3 is 2.81 bits per heavy atom. The van der Waals surface area contributed by atoms with Crippen molar-refractivity contribution in [2.24, 2.45) is 0 Å². The summed E-state index contributed by atoms with van der Waals surface area (Å²) in [7, 11) is 3.51. The molecule has 1 aliphatic carbocycles. The van der Waals surface area contributed by atoms with Crippen LogP contribution < -0.4 is 0 Å². The van der Waals surface area contributed by atoms with Crippen LogP contribution in [0.2, 0.25) is 0 Å². The van der Waals surface area contributed by atoms with E-state index in [1.165, 1.54) is 11.8 Å². The Morgan fingerprint density at radius 1 is 1.56 bits per heavy atom. The Balaban J connectivity index is 2.02. The van der Waals surface area contributed by atoms with E-state index in [4.69, 9.17) is 0 Å². The van der Waals surface area contributed by atoms with Crippen LogP contribution in [0.15, 0.2) is 5.16 Å². The molecule has 88 valence electrons. The van der Waals surface area contributed by atoms with Gasteiger partial charge in [0, 0.05) is 14.1 Å². The van der Waals surface area contributed by atoms with Crippen molar-refractivity contribution in [3.63, 3.8) is 0 Å². The maximum absolute atomic E-state index is 11.7. The molecule has 0 bridgehead atoms. The highest BCUT2D eigenvalue weighted by molar-refractivity contribution is 8.00. The van der Waals surface area contributed by atoms with Gasteiger partial charge in [-0.1, -0.05) is 11.8 Å². The van der Waals surface area contributed by atoms with E-state index in [0.717, 1.165) is 18.0 Å². The average molecular weight is 241 g/mol. The maximum atomic E-state index is 11.7. The largest absolute Gasteiger partial charge is 0.348 e. The molecule has 0 saturated heterocycles. The quantitative estimate of drug-likeness (QED) is 0.721. The molecular weight excluding hydrogens is 226 g/mol. The van der Waals surface area contributed by atoms with Crippen LogP contribution in [0.4, 0.5) is 0 Å². The molecule has 0 N–H and O–H groups in total. The molecule has 2 rings (SSSR count). The first kappa shape index (κ1) is 11.4. The van der Waals surface area contributed by atoms with Crippen LogP contribution >= 0.6 is 11.8 Å². The molecule has 0 aromatic carbocycles. The molecule has 1 aromatic rings. The van der Waals surface area contributed by atoms with Crippen molar-refractivity contribution in [2.75, 3.05) is 14.1 Å². The standard InChI is InChI=1S/C9H15N5OS/c1-6(8(15)13(2)3)16-9-10-11-12-14(9)7-4-5-7/h6-7H,4-5H2,1-3H3. The summed E-state index contributed by atoms with van der Waals surface area (Å²) >= 11 is 1.42. The summed E-state index contributed by atoms with van der Waals surface area (Å²) in [6, 6.07) is 0.444. The first-order valence-electron chi connectivity index (χ1n) is 5.25. The topological polar surface area (TPSA) is 63.9 Å². The zero-order valence-electron chi connectivity index (χ0n) is 9.62. The zero-order valence-corrected chi connectivity index (χ0v) is 10.4. The number of amides is 1. The number of carbonyl (C=O) groups is 1. The monoisotopic (exact) mass is 241 g/mol. The second kappa shape index (κ2) is 4.40. The number of rotatable bonds is 4. The summed E-state index contributed by atoms with van der Waals surface area (Å²) in [4.78, 5) is 13.3. The SMILES string of the molecule is CC(Sc1nnnn1C1CC1)C(=O)N(C)C. The van der Waals surface area contributed by atoms with Gasteiger partial charge in [0.1, 0.15) is 0 Å². The van der Waals surface area contributed by atoms with Crippen LogP contribution in [0.5, 0.6) is 0 Å². The van der Waals surface area contributed by atoms with E-state index in [9.17, 15) is 4.79 Å². The Morgan fingerprint density at radius 2 is 2.25 bits per heavy atom. The van der Waals surface area contributed by atoms with Crippen molar-refractivity contribution in [2.45, 2.75) is 36.2 Å². The molecule has 1 aliphatic rings. The lowest BCUT2D eigenvalue weighted by Gasteiger charge is -2.15. The molecule has 1 aromatic heterocycles. The van der Waals surface area contributed by atoms with Crippen LogP contribution in [0.3, 0.4) is 0 Å². The molecule has 7 heteroatoms. The fraction of sp³-hybridized carbons (Fsp3) is 0.778. The fourth-order valence-electron chi connectivity index (χ4n) is 1.38. The van der Waals surface area contributed by atoms with Gasteiger partial charge in [0.05, 0.1) is 11.3 Å². The molecule has 0 aliphatic heterocycles. The summed E-state index contributed by atoms with van der Waals surface area (Å²) in [5.74, 6) is 0.0790. The highest BCUT2D eigenvalue weighted by Gasteiger charge is 2.29. The van der Waals surface area contributed by atoms with Crippen LogP contribution in [0.1, 0.15) is 25.8 Å². The number of carbonyl (C=O) groups excluding carboxylic acids is 1. The second-order valence-corrected chi connectivity index (χ2v) is 5.44. The smallest absolute Gasteiger partial charge is 0.235 e. The third-order valence-corrected chi connectivity index (χ3v) is 3.46. The van der Waals surface area contributed by atoms with Gasteiger partial charge in [-0.3, -0.25) is 4.79 Å². The van der Waals surface area contributed by atoms with Gasteiger partial charge in [0.25, 0.3) is 0 Å².